The first kappa shape index (κ1) is 16.0. The summed E-state index contributed by atoms with van der Waals surface area (Å²) in [5, 5.41) is 14.1. The molecule has 1 saturated carbocycles. The molecule has 0 unspecified atom stereocenters. The highest BCUT2D eigenvalue weighted by Crippen LogP contribution is 2.29. The SMILES string of the molecule is CC1CCC(CCNCCc2ccc([N+](=O)[O-])cc2)CC1. The van der Waals surface area contributed by atoms with Crippen molar-refractivity contribution < 1.29 is 4.92 Å². The maximum atomic E-state index is 10.6. The van der Waals surface area contributed by atoms with E-state index in [9.17, 15) is 10.1 Å². The molecule has 2 rings (SSSR count). The van der Waals surface area contributed by atoms with Crippen molar-refractivity contribution in [3.63, 3.8) is 0 Å². The summed E-state index contributed by atoms with van der Waals surface area (Å²) in [6.07, 6.45) is 7.80. The summed E-state index contributed by atoms with van der Waals surface area (Å²) < 4.78 is 0. The molecule has 1 N–H and O–H groups in total. The van der Waals surface area contributed by atoms with Gasteiger partial charge in [-0.15, -0.1) is 0 Å². The van der Waals surface area contributed by atoms with E-state index in [0.29, 0.717) is 0 Å². The predicted molar refractivity (Wildman–Crippen MR) is 85.4 cm³/mol. The van der Waals surface area contributed by atoms with Gasteiger partial charge < -0.3 is 5.32 Å². The minimum atomic E-state index is -0.354. The summed E-state index contributed by atoms with van der Waals surface area (Å²) in [6.45, 7) is 4.39. The Morgan fingerprint density at radius 3 is 2.43 bits per heavy atom. The van der Waals surface area contributed by atoms with Gasteiger partial charge in [-0.2, -0.15) is 0 Å². The van der Waals surface area contributed by atoms with Gasteiger partial charge in [0.05, 0.1) is 4.92 Å². The molecule has 0 atom stereocenters. The average Bonchev–Trinajstić information content (AvgIpc) is 2.49. The third-order valence-electron chi connectivity index (χ3n) is 4.60. The largest absolute Gasteiger partial charge is 0.316 e. The number of rotatable bonds is 7. The summed E-state index contributed by atoms with van der Waals surface area (Å²) in [4.78, 5) is 10.2. The number of nitrogens with one attached hydrogen (secondary N) is 1. The predicted octanol–water partition coefficient (Wildman–Crippen LogP) is 3.94. The fourth-order valence-corrected chi connectivity index (χ4v) is 3.07. The molecule has 0 bridgehead atoms. The molecule has 0 amide bonds. The summed E-state index contributed by atoms with van der Waals surface area (Å²) in [7, 11) is 0. The molecule has 1 aliphatic carbocycles. The van der Waals surface area contributed by atoms with Crippen LogP contribution in [-0.2, 0) is 6.42 Å². The third kappa shape index (κ3) is 5.46. The van der Waals surface area contributed by atoms with E-state index in [2.05, 4.69) is 12.2 Å². The van der Waals surface area contributed by atoms with Crippen molar-refractivity contribution in [2.45, 2.75) is 45.4 Å². The molecule has 0 heterocycles. The molecule has 0 spiro atoms. The van der Waals surface area contributed by atoms with Crippen LogP contribution < -0.4 is 5.32 Å². The van der Waals surface area contributed by atoms with Gasteiger partial charge in [0.25, 0.3) is 5.69 Å². The number of nitrogens with zero attached hydrogens (tertiary/aromatic N) is 1. The Labute approximate surface area is 127 Å². The van der Waals surface area contributed by atoms with Crippen LogP contribution in [-0.4, -0.2) is 18.0 Å². The van der Waals surface area contributed by atoms with Crippen molar-refractivity contribution in [3.8, 4) is 0 Å². The van der Waals surface area contributed by atoms with Gasteiger partial charge >= 0.3 is 0 Å². The van der Waals surface area contributed by atoms with Gasteiger partial charge in [0.15, 0.2) is 0 Å². The molecule has 0 radical (unpaired) electrons. The van der Waals surface area contributed by atoms with E-state index in [1.54, 1.807) is 12.1 Å². The van der Waals surface area contributed by atoms with Crippen LogP contribution in [0.15, 0.2) is 24.3 Å². The van der Waals surface area contributed by atoms with E-state index in [0.717, 1.165) is 36.9 Å². The Kier molecular flexibility index (Phi) is 6.18. The first-order valence-corrected chi connectivity index (χ1v) is 8.09. The standard InChI is InChI=1S/C17H26N2O2/c1-14-2-4-15(5-3-14)10-12-18-13-11-16-6-8-17(9-7-16)19(20)21/h6-9,14-15,18H,2-5,10-13H2,1H3. The molecule has 4 nitrogen and oxygen atoms in total. The quantitative estimate of drug-likeness (QED) is 0.470. The lowest BCUT2D eigenvalue weighted by Crippen LogP contribution is -2.22. The van der Waals surface area contributed by atoms with Crippen LogP contribution in [0.4, 0.5) is 5.69 Å². The number of hydrogen-bond acceptors (Lipinski definition) is 3. The second-order valence-electron chi connectivity index (χ2n) is 6.34. The summed E-state index contributed by atoms with van der Waals surface area (Å²) >= 11 is 0. The zero-order chi connectivity index (χ0) is 15.1. The van der Waals surface area contributed by atoms with Crippen LogP contribution in [0.5, 0.6) is 0 Å². The Balaban J connectivity index is 1.58. The number of benzene rings is 1. The Hall–Kier alpha value is -1.42. The first-order valence-electron chi connectivity index (χ1n) is 8.09. The zero-order valence-corrected chi connectivity index (χ0v) is 12.9. The maximum absolute atomic E-state index is 10.6. The molecule has 1 aromatic carbocycles. The van der Waals surface area contributed by atoms with Crippen molar-refractivity contribution >= 4 is 5.69 Å². The fraction of sp³-hybridized carbons (Fsp3) is 0.647. The van der Waals surface area contributed by atoms with Crippen molar-refractivity contribution in [1.82, 2.24) is 5.32 Å². The van der Waals surface area contributed by atoms with Crippen molar-refractivity contribution in [3.05, 3.63) is 39.9 Å². The smallest absolute Gasteiger partial charge is 0.269 e. The van der Waals surface area contributed by atoms with Gasteiger partial charge in [0, 0.05) is 12.1 Å². The summed E-state index contributed by atoms with van der Waals surface area (Å²) in [5.74, 6) is 1.84. The fourth-order valence-electron chi connectivity index (χ4n) is 3.07. The summed E-state index contributed by atoms with van der Waals surface area (Å²) in [5.41, 5.74) is 1.32. The Morgan fingerprint density at radius 2 is 1.81 bits per heavy atom. The summed E-state index contributed by atoms with van der Waals surface area (Å²) in [6, 6.07) is 6.86. The van der Waals surface area contributed by atoms with Crippen LogP contribution in [0.2, 0.25) is 0 Å². The normalized spacial score (nSPS) is 22.1. The molecule has 1 fully saturated rings. The first-order chi connectivity index (χ1) is 10.1. The average molecular weight is 290 g/mol. The lowest BCUT2D eigenvalue weighted by Gasteiger charge is -2.26. The Morgan fingerprint density at radius 1 is 1.14 bits per heavy atom. The molecular weight excluding hydrogens is 264 g/mol. The van der Waals surface area contributed by atoms with Crippen molar-refractivity contribution in [2.75, 3.05) is 13.1 Å². The molecule has 0 aromatic heterocycles. The minimum Gasteiger partial charge on any atom is -0.316 e. The highest BCUT2D eigenvalue weighted by atomic mass is 16.6. The Bertz CT molecular complexity index is 437. The molecular formula is C17H26N2O2. The maximum Gasteiger partial charge on any atom is 0.269 e. The highest BCUT2D eigenvalue weighted by molar-refractivity contribution is 5.32. The number of nitro groups is 1. The van der Waals surface area contributed by atoms with Crippen LogP contribution in [0.3, 0.4) is 0 Å². The lowest BCUT2D eigenvalue weighted by atomic mass is 9.81. The van der Waals surface area contributed by atoms with E-state index in [1.165, 1.54) is 32.1 Å². The molecule has 116 valence electrons. The van der Waals surface area contributed by atoms with Crippen molar-refractivity contribution in [2.24, 2.45) is 11.8 Å². The van der Waals surface area contributed by atoms with Gasteiger partial charge in [0.2, 0.25) is 0 Å². The molecule has 0 aliphatic heterocycles. The van der Waals surface area contributed by atoms with E-state index in [1.807, 2.05) is 12.1 Å². The van der Waals surface area contributed by atoms with Crippen LogP contribution in [0, 0.1) is 22.0 Å². The van der Waals surface area contributed by atoms with Gasteiger partial charge in [-0.1, -0.05) is 44.7 Å². The topological polar surface area (TPSA) is 55.2 Å². The van der Waals surface area contributed by atoms with Gasteiger partial charge in [-0.25, -0.2) is 0 Å². The number of nitro benzene ring substituents is 1. The van der Waals surface area contributed by atoms with E-state index in [4.69, 9.17) is 0 Å². The van der Waals surface area contributed by atoms with E-state index < -0.39 is 0 Å². The van der Waals surface area contributed by atoms with Crippen LogP contribution in [0.1, 0.15) is 44.6 Å². The lowest BCUT2D eigenvalue weighted by molar-refractivity contribution is -0.384. The van der Waals surface area contributed by atoms with E-state index >= 15 is 0 Å². The molecule has 0 saturated heterocycles. The van der Waals surface area contributed by atoms with Crippen molar-refractivity contribution in [1.29, 1.82) is 0 Å². The number of non-ortho nitro benzene ring substituents is 1. The second-order valence-corrected chi connectivity index (χ2v) is 6.34. The van der Waals surface area contributed by atoms with E-state index in [-0.39, 0.29) is 10.6 Å². The van der Waals surface area contributed by atoms with Gasteiger partial charge in [-0.05, 0) is 43.3 Å². The van der Waals surface area contributed by atoms with Gasteiger partial charge in [0.1, 0.15) is 0 Å². The monoisotopic (exact) mass is 290 g/mol. The molecule has 1 aliphatic rings. The highest BCUT2D eigenvalue weighted by Gasteiger charge is 2.17. The molecule has 21 heavy (non-hydrogen) atoms. The van der Waals surface area contributed by atoms with Crippen LogP contribution >= 0.6 is 0 Å². The van der Waals surface area contributed by atoms with Gasteiger partial charge in [-0.3, -0.25) is 10.1 Å². The molecule has 1 aromatic rings. The zero-order valence-electron chi connectivity index (χ0n) is 12.9. The third-order valence-corrected chi connectivity index (χ3v) is 4.60. The number of hydrogen-bond donors (Lipinski definition) is 1. The molecule has 4 heteroatoms. The minimum absolute atomic E-state index is 0.165. The van der Waals surface area contributed by atoms with Crippen LogP contribution in [0.25, 0.3) is 0 Å². The second kappa shape index (κ2) is 8.13.